The van der Waals surface area contributed by atoms with Crippen molar-refractivity contribution in [1.82, 2.24) is 0 Å². The quantitative estimate of drug-likeness (QED) is 0.596. The van der Waals surface area contributed by atoms with Crippen LogP contribution < -0.4 is 4.65 Å². The minimum Gasteiger partial charge on any atom is -0.538 e. The summed E-state index contributed by atoms with van der Waals surface area (Å²) in [5.41, 5.74) is 0.228. The highest BCUT2D eigenvalue weighted by atomic mass is 35.5. The van der Waals surface area contributed by atoms with E-state index in [1.165, 1.54) is 25.3 Å². The van der Waals surface area contributed by atoms with Crippen molar-refractivity contribution in [2.45, 2.75) is 0 Å². The van der Waals surface area contributed by atoms with Gasteiger partial charge in [-0.3, -0.25) is 0 Å². The Bertz CT molecular complexity index is 342. The molecule has 0 aliphatic carbocycles. The molecule has 0 atom stereocenters. The van der Waals surface area contributed by atoms with Gasteiger partial charge in [0.05, 0.1) is 12.7 Å². The smallest absolute Gasteiger partial charge is 0.504 e. The molecule has 0 aromatic heterocycles. The van der Waals surface area contributed by atoms with Crippen LogP contribution in [0.1, 0.15) is 10.4 Å². The zero-order valence-corrected chi connectivity index (χ0v) is 8.25. The number of carbonyl (C=O) groups is 1. The van der Waals surface area contributed by atoms with E-state index in [0.29, 0.717) is 5.02 Å². The van der Waals surface area contributed by atoms with E-state index < -0.39 is 13.7 Å². The summed E-state index contributed by atoms with van der Waals surface area (Å²) in [5, 5.41) is 8.99. The van der Waals surface area contributed by atoms with Crippen LogP contribution in [0.4, 0.5) is 0 Å². The Kier molecular flexibility index (Phi) is 3.79. The average Bonchev–Trinajstić information content (AvgIpc) is 2.17. The van der Waals surface area contributed by atoms with E-state index in [1.807, 2.05) is 0 Å². The van der Waals surface area contributed by atoms with Gasteiger partial charge in [0, 0.05) is 5.02 Å². The van der Waals surface area contributed by atoms with Gasteiger partial charge >= 0.3 is 13.7 Å². The van der Waals surface area contributed by atoms with Gasteiger partial charge in [-0.05, 0) is 18.2 Å². The summed E-state index contributed by atoms with van der Waals surface area (Å²) in [4.78, 5) is 11.2. The van der Waals surface area contributed by atoms with Gasteiger partial charge in [0.1, 0.15) is 5.75 Å². The van der Waals surface area contributed by atoms with Crippen molar-refractivity contribution in [2.75, 3.05) is 7.11 Å². The number of methoxy groups -OCH3 is 1. The fourth-order valence-electron chi connectivity index (χ4n) is 0.964. The molecular formula is C8H8BClO4. The molecule has 0 aliphatic heterocycles. The van der Waals surface area contributed by atoms with Gasteiger partial charge < -0.3 is 14.4 Å². The molecule has 6 heteroatoms. The van der Waals surface area contributed by atoms with Crippen LogP contribution >= 0.6 is 11.6 Å². The molecule has 0 saturated carbocycles. The van der Waals surface area contributed by atoms with Gasteiger partial charge in [0.2, 0.25) is 0 Å². The lowest BCUT2D eigenvalue weighted by Crippen LogP contribution is -2.08. The van der Waals surface area contributed by atoms with Gasteiger partial charge in [0.25, 0.3) is 0 Å². The Labute approximate surface area is 86.7 Å². The van der Waals surface area contributed by atoms with Crippen LogP contribution in [0.5, 0.6) is 5.75 Å². The number of rotatable bonds is 3. The summed E-state index contributed by atoms with van der Waals surface area (Å²) < 4.78 is 9.33. The molecule has 0 spiro atoms. The molecule has 0 fully saturated rings. The van der Waals surface area contributed by atoms with Crippen LogP contribution in [0.25, 0.3) is 0 Å². The van der Waals surface area contributed by atoms with Crippen LogP contribution in [0.2, 0.25) is 5.02 Å². The molecule has 0 saturated heterocycles. The Balaban J connectivity index is 3.07. The normalized spacial score (nSPS) is 9.36. The average molecular weight is 214 g/mol. The second-order valence-electron chi connectivity index (χ2n) is 2.41. The van der Waals surface area contributed by atoms with Gasteiger partial charge in [-0.2, -0.15) is 0 Å². The molecule has 4 nitrogen and oxygen atoms in total. The van der Waals surface area contributed by atoms with E-state index in [2.05, 4.69) is 4.74 Å². The molecule has 0 heterocycles. The minimum absolute atomic E-state index is 0.201. The summed E-state index contributed by atoms with van der Waals surface area (Å²) in [7, 11) is 0.740. The molecule has 1 N–H and O–H groups in total. The number of ether oxygens (including phenoxy) is 1. The first-order chi connectivity index (χ1) is 6.69. The second kappa shape index (κ2) is 4.88. The lowest BCUT2D eigenvalue weighted by molar-refractivity contribution is 0.0598. The first-order valence-electron chi connectivity index (χ1n) is 3.80. The highest BCUT2D eigenvalue weighted by Crippen LogP contribution is 2.23. The molecular weight excluding hydrogens is 206 g/mol. The SMILES string of the molecule is COC(=O)c1ccc(Cl)cc1OBO. The Morgan fingerprint density at radius 3 is 2.86 bits per heavy atom. The zero-order valence-electron chi connectivity index (χ0n) is 7.49. The van der Waals surface area contributed by atoms with Gasteiger partial charge in [-0.25, -0.2) is 4.79 Å². The fraction of sp³-hybridized carbons (Fsp3) is 0.125. The number of carbonyl (C=O) groups excluding carboxylic acids is 1. The fourth-order valence-corrected chi connectivity index (χ4v) is 1.13. The molecule has 0 radical (unpaired) electrons. The predicted molar refractivity (Wildman–Crippen MR) is 52.8 cm³/mol. The van der Waals surface area contributed by atoms with Crippen LogP contribution in [-0.2, 0) is 4.74 Å². The Morgan fingerprint density at radius 1 is 1.57 bits per heavy atom. The molecule has 0 bridgehead atoms. The predicted octanol–water partition coefficient (Wildman–Crippen LogP) is 0.764. The van der Waals surface area contributed by atoms with Crippen LogP contribution in [0, 0.1) is 0 Å². The lowest BCUT2D eigenvalue weighted by Gasteiger charge is -2.07. The number of esters is 1. The first kappa shape index (κ1) is 10.9. The van der Waals surface area contributed by atoms with E-state index in [0.717, 1.165) is 0 Å². The maximum atomic E-state index is 11.2. The minimum atomic E-state index is -0.537. The maximum Gasteiger partial charge on any atom is 0.504 e. The third-order valence-corrected chi connectivity index (χ3v) is 1.80. The zero-order chi connectivity index (χ0) is 10.6. The van der Waals surface area contributed by atoms with E-state index >= 15 is 0 Å². The van der Waals surface area contributed by atoms with Gasteiger partial charge in [-0.1, -0.05) is 11.6 Å². The highest BCUT2D eigenvalue weighted by Gasteiger charge is 2.12. The molecule has 0 amide bonds. The van der Waals surface area contributed by atoms with Crippen molar-refractivity contribution in [3.05, 3.63) is 28.8 Å². The topological polar surface area (TPSA) is 55.8 Å². The van der Waals surface area contributed by atoms with Crippen LogP contribution in [-0.4, -0.2) is 25.8 Å². The molecule has 1 rings (SSSR count). The van der Waals surface area contributed by atoms with E-state index in [-0.39, 0.29) is 11.3 Å². The van der Waals surface area contributed by atoms with E-state index in [4.69, 9.17) is 21.3 Å². The Hall–Kier alpha value is -1.20. The lowest BCUT2D eigenvalue weighted by atomic mass is 10.2. The van der Waals surface area contributed by atoms with E-state index in [1.54, 1.807) is 0 Å². The summed E-state index contributed by atoms with van der Waals surface area (Å²) >= 11 is 5.69. The summed E-state index contributed by atoms with van der Waals surface area (Å²) in [6.07, 6.45) is 0. The standard InChI is InChI=1S/C8H8BClO4/c1-13-8(11)6-3-2-5(10)4-7(6)14-9-12/h2-4,9,12H,1H3. The van der Waals surface area contributed by atoms with Crippen molar-refractivity contribution in [2.24, 2.45) is 0 Å². The summed E-state index contributed by atoms with van der Waals surface area (Å²) in [5.74, 6) is -0.336. The molecule has 0 aliphatic rings. The van der Waals surface area contributed by atoms with Crippen LogP contribution in [0.3, 0.4) is 0 Å². The number of hydrogen-bond donors (Lipinski definition) is 1. The number of halogens is 1. The van der Waals surface area contributed by atoms with Crippen LogP contribution in [0.15, 0.2) is 18.2 Å². The van der Waals surface area contributed by atoms with Crippen molar-refractivity contribution in [3.8, 4) is 5.75 Å². The number of hydrogen-bond acceptors (Lipinski definition) is 4. The second-order valence-corrected chi connectivity index (χ2v) is 2.84. The first-order valence-corrected chi connectivity index (χ1v) is 4.18. The van der Waals surface area contributed by atoms with Gasteiger partial charge in [0.15, 0.2) is 0 Å². The van der Waals surface area contributed by atoms with Gasteiger partial charge in [-0.15, -0.1) is 0 Å². The van der Waals surface area contributed by atoms with Crippen molar-refractivity contribution < 1.29 is 19.2 Å². The van der Waals surface area contributed by atoms with Crippen molar-refractivity contribution >= 4 is 25.3 Å². The van der Waals surface area contributed by atoms with E-state index in [9.17, 15) is 4.79 Å². The largest absolute Gasteiger partial charge is 0.538 e. The molecule has 74 valence electrons. The molecule has 1 aromatic rings. The summed E-state index contributed by atoms with van der Waals surface area (Å²) in [6.45, 7) is 0. The van der Waals surface area contributed by atoms with Crippen molar-refractivity contribution in [3.63, 3.8) is 0 Å². The molecule has 1 aromatic carbocycles. The highest BCUT2D eigenvalue weighted by molar-refractivity contribution is 6.31. The third-order valence-electron chi connectivity index (χ3n) is 1.57. The van der Waals surface area contributed by atoms with Crippen molar-refractivity contribution in [1.29, 1.82) is 0 Å². The number of benzene rings is 1. The Morgan fingerprint density at radius 2 is 2.29 bits per heavy atom. The maximum absolute atomic E-state index is 11.2. The third kappa shape index (κ3) is 2.40. The molecule has 14 heavy (non-hydrogen) atoms. The monoisotopic (exact) mass is 214 g/mol. The summed E-state index contributed by atoms with van der Waals surface area (Å²) in [6, 6.07) is 4.45. The molecule has 0 unspecified atom stereocenters.